The van der Waals surface area contributed by atoms with Crippen molar-refractivity contribution in [3.05, 3.63) is 47.3 Å². The van der Waals surface area contributed by atoms with Crippen molar-refractivity contribution < 1.29 is 13.2 Å². The highest BCUT2D eigenvalue weighted by atomic mass is 19.4. The molecule has 110 valence electrons. The second-order valence-corrected chi connectivity index (χ2v) is 4.57. The van der Waals surface area contributed by atoms with Gasteiger partial charge in [-0.1, -0.05) is 0 Å². The summed E-state index contributed by atoms with van der Waals surface area (Å²) >= 11 is 0. The van der Waals surface area contributed by atoms with E-state index in [9.17, 15) is 13.2 Å². The first kappa shape index (κ1) is 14.9. The molecule has 1 N–H and O–H groups in total. The first-order valence-electron chi connectivity index (χ1n) is 6.23. The number of nitrogens with one attached hydrogen (secondary N) is 1. The van der Waals surface area contributed by atoms with Gasteiger partial charge in [0, 0.05) is 25.5 Å². The molecule has 0 aliphatic heterocycles. The molecular formula is C14H13F3N4. The van der Waals surface area contributed by atoms with Crippen molar-refractivity contribution in [1.29, 1.82) is 5.26 Å². The van der Waals surface area contributed by atoms with E-state index in [0.29, 0.717) is 13.0 Å². The maximum atomic E-state index is 12.9. The van der Waals surface area contributed by atoms with Crippen molar-refractivity contribution in [2.45, 2.75) is 12.6 Å². The molecule has 0 fully saturated rings. The number of benzene rings is 1. The zero-order valence-electron chi connectivity index (χ0n) is 11.3. The van der Waals surface area contributed by atoms with E-state index in [4.69, 9.17) is 5.26 Å². The van der Waals surface area contributed by atoms with Gasteiger partial charge in [0.15, 0.2) is 0 Å². The Morgan fingerprint density at radius 3 is 2.71 bits per heavy atom. The van der Waals surface area contributed by atoms with Crippen LogP contribution in [-0.2, 0) is 19.6 Å². The van der Waals surface area contributed by atoms with Gasteiger partial charge in [0.05, 0.1) is 23.4 Å². The van der Waals surface area contributed by atoms with Crippen LogP contribution in [0.4, 0.5) is 18.9 Å². The number of alkyl halides is 3. The summed E-state index contributed by atoms with van der Waals surface area (Å²) in [6.07, 6.45) is -0.442. The fourth-order valence-corrected chi connectivity index (χ4v) is 1.95. The minimum atomic E-state index is -4.45. The van der Waals surface area contributed by atoms with Gasteiger partial charge >= 0.3 is 6.18 Å². The Kier molecular flexibility index (Phi) is 4.17. The highest BCUT2D eigenvalue weighted by Gasteiger charge is 2.33. The van der Waals surface area contributed by atoms with E-state index in [2.05, 4.69) is 10.4 Å². The summed E-state index contributed by atoms with van der Waals surface area (Å²) in [6.45, 7) is 0.323. The van der Waals surface area contributed by atoms with E-state index in [0.717, 1.165) is 17.7 Å². The Bertz CT molecular complexity index is 668. The van der Waals surface area contributed by atoms with Crippen molar-refractivity contribution in [3.63, 3.8) is 0 Å². The van der Waals surface area contributed by atoms with Crippen LogP contribution in [0.15, 0.2) is 30.6 Å². The maximum Gasteiger partial charge on any atom is 0.418 e. The van der Waals surface area contributed by atoms with Gasteiger partial charge in [0.25, 0.3) is 0 Å². The molecule has 0 atom stereocenters. The first-order valence-corrected chi connectivity index (χ1v) is 6.23. The number of aromatic nitrogens is 2. The Labute approximate surface area is 119 Å². The molecule has 1 heterocycles. The van der Waals surface area contributed by atoms with Crippen LogP contribution in [0.2, 0.25) is 0 Å². The molecule has 2 rings (SSSR count). The number of halogens is 3. The number of hydrogen-bond donors (Lipinski definition) is 1. The summed E-state index contributed by atoms with van der Waals surface area (Å²) in [5, 5.41) is 15.5. The smallest absolute Gasteiger partial charge is 0.384 e. The fourth-order valence-electron chi connectivity index (χ4n) is 1.95. The monoisotopic (exact) mass is 294 g/mol. The molecule has 0 amide bonds. The third kappa shape index (κ3) is 3.75. The second-order valence-electron chi connectivity index (χ2n) is 4.57. The molecular weight excluding hydrogens is 281 g/mol. The molecule has 0 aliphatic carbocycles. The molecule has 1 aromatic heterocycles. The number of hydrogen-bond acceptors (Lipinski definition) is 3. The van der Waals surface area contributed by atoms with Gasteiger partial charge in [-0.25, -0.2) is 0 Å². The van der Waals surface area contributed by atoms with Gasteiger partial charge in [-0.3, -0.25) is 4.68 Å². The third-order valence-corrected chi connectivity index (χ3v) is 2.94. The predicted molar refractivity (Wildman–Crippen MR) is 71.6 cm³/mol. The molecule has 0 spiro atoms. The van der Waals surface area contributed by atoms with E-state index in [1.807, 2.05) is 6.07 Å². The molecule has 2 aromatic rings. The zero-order chi connectivity index (χ0) is 15.5. The molecule has 0 saturated carbocycles. The number of aryl methyl sites for hydroxylation is 1. The molecule has 0 radical (unpaired) electrons. The van der Waals surface area contributed by atoms with Crippen molar-refractivity contribution in [2.75, 3.05) is 11.9 Å². The second kappa shape index (κ2) is 5.87. The van der Waals surface area contributed by atoms with Crippen LogP contribution in [0.5, 0.6) is 0 Å². The molecule has 1 aromatic carbocycles. The normalized spacial score (nSPS) is 11.2. The van der Waals surface area contributed by atoms with Crippen molar-refractivity contribution in [2.24, 2.45) is 7.05 Å². The summed E-state index contributed by atoms with van der Waals surface area (Å²) in [6, 6.07) is 5.13. The third-order valence-electron chi connectivity index (χ3n) is 2.94. The van der Waals surface area contributed by atoms with E-state index in [1.165, 1.54) is 6.07 Å². The molecule has 0 bridgehead atoms. The molecule has 21 heavy (non-hydrogen) atoms. The van der Waals surface area contributed by atoms with Crippen molar-refractivity contribution >= 4 is 5.69 Å². The van der Waals surface area contributed by atoms with Crippen molar-refractivity contribution in [1.82, 2.24) is 9.78 Å². The van der Waals surface area contributed by atoms with E-state index >= 15 is 0 Å². The van der Waals surface area contributed by atoms with E-state index in [-0.39, 0.29) is 11.3 Å². The van der Waals surface area contributed by atoms with Crippen LogP contribution in [0.1, 0.15) is 16.7 Å². The molecule has 0 aliphatic rings. The van der Waals surface area contributed by atoms with Gasteiger partial charge in [0.1, 0.15) is 0 Å². The van der Waals surface area contributed by atoms with Crippen LogP contribution < -0.4 is 5.32 Å². The lowest BCUT2D eigenvalue weighted by molar-refractivity contribution is -0.136. The molecule has 4 nitrogen and oxygen atoms in total. The Morgan fingerprint density at radius 1 is 1.38 bits per heavy atom. The van der Waals surface area contributed by atoms with Gasteiger partial charge in [-0.2, -0.15) is 23.5 Å². The first-order chi connectivity index (χ1) is 9.90. The predicted octanol–water partition coefficient (Wildman–Crippen LogP) is 2.97. The summed E-state index contributed by atoms with van der Waals surface area (Å²) in [4.78, 5) is 0. The Morgan fingerprint density at radius 2 is 2.14 bits per heavy atom. The van der Waals surface area contributed by atoms with Crippen LogP contribution in [0, 0.1) is 11.3 Å². The Hall–Kier alpha value is -2.49. The lowest BCUT2D eigenvalue weighted by Gasteiger charge is -2.14. The number of rotatable bonds is 4. The van der Waals surface area contributed by atoms with Crippen molar-refractivity contribution in [3.8, 4) is 6.07 Å². The quantitative estimate of drug-likeness (QED) is 0.943. The number of anilines is 1. The fraction of sp³-hybridized carbons (Fsp3) is 0.286. The lowest BCUT2D eigenvalue weighted by atomic mass is 10.1. The van der Waals surface area contributed by atoms with Gasteiger partial charge in [0.2, 0.25) is 0 Å². The summed E-state index contributed by atoms with van der Waals surface area (Å²) in [5.41, 5.74) is 0.264. The largest absolute Gasteiger partial charge is 0.418 e. The Balaban J connectivity index is 2.12. The summed E-state index contributed by atoms with van der Waals surface area (Å²) < 4.78 is 40.3. The van der Waals surface area contributed by atoms with Gasteiger partial charge < -0.3 is 5.32 Å². The van der Waals surface area contributed by atoms with Crippen LogP contribution >= 0.6 is 0 Å². The standard InChI is InChI=1S/C14H13F3N4/c1-21-9-11(8-20-21)4-5-19-13-6-10(7-18)2-3-12(13)14(15,16)17/h2-3,6,8-9,19H,4-5H2,1H3. The highest BCUT2D eigenvalue weighted by Crippen LogP contribution is 2.35. The number of nitrogens with zero attached hydrogens (tertiary/aromatic N) is 3. The highest BCUT2D eigenvalue weighted by molar-refractivity contribution is 5.57. The van der Waals surface area contributed by atoms with Gasteiger partial charge in [-0.05, 0) is 30.2 Å². The SMILES string of the molecule is Cn1cc(CCNc2cc(C#N)ccc2C(F)(F)F)cn1. The molecule has 0 unspecified atom stereocenters. The summed E-state index contributed by atoms with van der Waals surface area (Å²) in [5.74, 6) is 0. The van der Waals surface area contributed by atoms with E-state index < -0.39 is 11.7 Å². The lowest BCUT2D eigenvalue weighted by Crippen LogP contribution is -2.13. The minimum Gasteiger partial charge on any atom is -0.384 e. The zero-order valence-corrected chi connectivity index (χ0v) is 11.3. The minimum absolute atomic E-state index is 0.0783. The van der Waals surface area contributed by atoms with Gasteiger partial charge in [-0.15, -0.1) is 0 Å². The maximum absolute atomic E-state index is 12.9. The average molecular weight is 294 g/mol. The van der Waals surface area contributed by atoms with Crippen LogP contribution in [0.25, 0.3) is 0 Å². The topological polar surface area (TPSA) is 53.6 Å². The number of nitriles is 1. The average Bonchev–Trinajstić information content (AvgIpc) is 2.83. The van der Waals surface area contributed by atoms with Crippen LogP contribution in [0.3, 0.4) is 0 Å². The van der Waals surface area contributed by atoms with E-state index in [1.54, 1.807) is 24.1 Å². The summed E-state index contributed by atoms with van der Waals surface area (Å²) in [7, 11) is 1.77. The van der Waals surface area contributed by atoms with Crippen LogP contribution in [-0.4, -0.2) is 16.3 Å². The molecule has 7 heteroatoms. The molecule has 0 saturated heterocycles.